The third-order valence-corrected chi connectivity index (χ3v) is 6.71. The van der Waals surface area contributed by atoms with Crippen LogP contribution < -0.4 is 5.32 Å². The molecule has 188 valence electrons. The molecule has 1 aliphatic heterocycles. The molecule has 2 aromatic carbocycles. The molecular formula is C29H34N4O3. The van der Waals surface area contributed by atoms with Gasteiger partial charge in [-0.1, -0.05) is 30.3 Å². The van der Waals surface area contributed by atoms with Crippen molar-refractivity contribution in [2.24, 2.45) is 0 Å². The van der Waals surface area contributed by atoms with E-state index in [1.807, 2.05) is 80.9 Å². The van der Waals surface area contributed by atoms with E-state index >= 15 is 0 Å². The van der Waals surface area contributed by atoms with Crippen LogP contribution >= 0.6 is 0 Å². The van der Waals surface area contributed by atoms with Crippen molar-refractivity contribution in [2.45, 2.75) is 46.6 Å². The number of amides is 2. The number of nitrogens with one attached hydrogen (secondary N) is 1. The van der Waals surface area contributed by atoms with Crippen molar-refractivity contribution in [1.82, 2.24) is 14.7 Å². The second-order valence-corrected chi connectivity index (χ2v) is 9.31. The molecular weight excluding hydrogens is 452 g/mol. The van der Waals surface area contributed by atoms with Crippen LogP contribution in [0.4, 0.5) is 5.69 Å². The highest BCUT2D eigenvalue weighted by Crippen LogP contribution is 2.21. The van der Waals surface area contributed by atoms with E-state index in [4.69, 9.17) is 4.74 Å². The fourth-order valence-electron chi connectivity index (χ4n) is 4.49. The summed E-state index contributed by atoms with van der Waals surface area (Å²) in [5.41, 5.74) is 6.52. The molecule has 0 radical (unpaired) electrons. The van der Waals surface area contributed by atoms with Gasteiger partial charge in [0.2, 0.25) is 11.8 Å². The number of aromatic nitrogens is 2. The van der Waals surface area contributed by atoms with Gasteiger partial charge in [0, 0.05) is 36.2 Å². The van der Waals surface area contributed by atoms with E-state index in [1.54, 1.807) is 11.0 Å². The minimum Gasteiger partial charge on any atom is -0.376 e. The first-order valence-corrected chi connectivity index (χ1v) is 12.4. The zero-order valence-corrected chi connectivity index (χ0v) is 21.5. The molecule has 2 amide bonds. The molecule has 0 spiro atoms. The summed E-state index contributed by atoms with van der Waals surface area (Å²) in [5, 5.41) is 7.62. The van der Waals surface area contributed by atoms with Crippen LogP contribution in [0.5, 0.6) is 0 Å². The number of hydrogen-bond acceptors (Lipinski definition) is 4. The van der Waals surface area contributed by atoms with Gasteiger partial charge in [0.1, 0.15) is 6.54 Å². The number of rotatable bonds is 8. The van der Waals surface area contributed by atoms with E-state index in [0.717, 1.165) is 52.3 Å². The molecule has 1 fully saturated rings. The number of aryl methyl sites for hydroxylation is 2. The summed E-state index contributed by atoms with van der Waals surface area (Å²) in [6.45, 7) is 8.92. The topological polar surface area (TPSA) is 76.5 Å². The number of carbonyl (C=O) groups excluding carboxylic acids is 2. The molecule has 7 nitrogen and oxygen atoms in total. The molecule has 1 N–H and O–H groups in total. The second-order valence-electron chi connectivity index (χ2n) is 9.31. The monoisotopic (exact) mass is 486 g/mol. The van der Waals surface area contributed by atoms with Crippen molar-refractivity contribution in [1.29, 1.82) is 0 Å². The molecule has 0 bridgehead atoms. The van der Waals surface area contributed by atoms with Crippen LogP contribution in [0.15, 0.2) is 54.6 Å². The zero-order chi connectivity index (χ0) is 25.7. The Morgan fingerprint density at radius 3 is 2.61 bits per heavy atom. The first-order valence-electron chi connectivity index (χ1n) is 12.4. The third-order valence-electron chi connectivity index (χ3n) is 6.71. The third kappa shape index (κ3) is 5.91. The van der Waals surface area contributed by atoms with Crippen LogP contribution in [0.2, 0.25) is 0 Å². The lowest BCUT2D eigenvalue weighted by molar-refractivity contribution is -0.131. The summed E-state index contributed by atoms with van der Waals surface area (Å²) < 4.78 is 7.63. The number of ether oxygens (including phenoxy) is 1. The molecule has 1 aliphatic rings. The molecule has 3 aromatic rings. The number of para-hydroxylation sites is 1. The maximum Gasteiger partial charge on any atom is 0.247 e. The maximum absolute atomic E-state index is 13.3. The van der Waals surface area contributed by atoms with Crippen molar-refractivity contribution in [2.75, 3.05) is 25.0 Å². The van der Waals surface area contributed by atoms with Gasteiger partial charge in [-0.15, -0.1) is 0 Å². The summed E-state index contributed by atoms with van der Waals surface area (Å²) in [6, 6.07) is 15.7. The van der Waals surface area contributed by atoms with Crippen LogP contribution in [0.3, 0.4) is 0 Å². The number of benzene rings is 2. The Morgan fingerprint density at radius 1 is 1.11 bits per heavy atom. The lowest BCUT2D eigenvalue weighted by Crippen LogP contribution is -2.41. The SMILES string of the molecule is Cc1cccc(NC(=O)CN(CC2CCCO2)C(=O)/C=C/c2c(C)nn(-c3ccccc3)c2C)c1C. The molecule has 1 aromatic heterocycles. The van der Waals surface area contributed by atoms with E-state index < -0.39 is 0 Å². The van der Waals surface area contributed by atoms with E-state index in [-0.39, 0.29) is 24.5 Å². The van der Waals surface area contributed by atoms with E-state index in [0.29, 0.717) is 13.2 Å². The molecule has 7 heteroatoms. The zero-order valence-electron chi connectivity index (χ0n) is 21.5. The van der Waals surface area contributed by atoms with Gasteiger partial charge >= 0.3 is 0 Å². The van der Waals surface area contributed by atoms with Crippen LogP contribution in [0, 0.1) is 27.7 Å². The van der Waals surface area contributed by atoms with Crippen LogP contribution in [0.1, 0.15) is 40.9 Å². The molecule has 1 unspecified atom stereocenters. The van der Waals surface area contributed by atoms with Crippen molar-refractivity contribution < 1.29 is 14.3 Å². The highest BCUT2D eigenvalue weighted by atomic mass is 16.5. The Morgan fingerprint density at radius 2 is 1.89 bits per heavy atom. The van der Waals surface area contributed by atoms with E-state index in [1.165, 1.54) is 6.08 Å². The Kier molecular flexibility index (Phi) is 8.00. The normalized spacial score (nSPS) is 15.4. The molecule has 2 heterocycles. The summed E-state index contributed by atoms with van der Waals surface area (Å²) in [4.78, 5) is 27.8. The van der Waals surface area contributed by atoms with Gasteiger partial charge < -0.3 is 15.0 Å². The molecule has 0 aliphatic carbocycles. The standard InChI is InChI=1S/C29H34N4O3/c1-20-10-8-14-27(21(20)2)30-28(34)19-32(18-25-13-9-17-36-25)29(35)16-15-26-22(3)31-33(23(26)4)24-11-6-5-7-12-24/h5-8,10-12,14-16,25H,9,13,17-19H2,1-4H3,(H,30,34)/b16-15+. The smallest absolute Gasteiger partial charge is 0.247 e. The summed E-state index contributed by atoms with van der Waals surface area (Å²) >= 11 is 0. The highest BCUT2D eigenvalue weighted by molar-refractivity contribution is 5.98. The fourth-order valence-corrected chi connectivity index (χ4v) is 4.49. The van der Waals surface area contributed by atoms with Gasteiger partial charge in [-0.25, -0.2) is 4.68 Å². The van der Waals surface area contributed by atoms with Gasteiger partial charge in [-0.2, -0.15) is 5.10 Å². The predicted molar refractivity (Wildman–Crippen MR) is 142 cm³/mol. The van der Waals surface area contributed by atoms with Gasteiger partial charge in [0.25, 0.3) is 0 Å². The molecule has 1 atom stereocenters. The number of anilines is 1. The lowest BCUT2D eigenvalue weighted by atomic mass is 10.1. The highest BCUT2D eigenvalue weighted by Gasteiger charge is 2.24. The largest absolute Gasteiger partial charge is 0.376 e. The lowest BCUT2D eigenvalue weighted by Gasteiger charge is -2.24. The average Bonchev–Trinajstić information content (AvgIpc) is 3.48. The number of hydrogen-bond donors (Lipinski definition) is 1. The van der Waals surface area contributed by atoms with Crippen molar-refractivity contribution >= 4 is 23.6 Å². The Bertz CT molecular complexity index is 1260. The molecule has 4 rings (SSSR count). The molecule has 36 heavy (non-hydrogen) atoms. The fraction of sp³-hybridized carbons (Fsp3) is 0.345. The van der Waals surface area contributed by atoms with Gasteiger partial charge in [-0.05, 0) is 75.9 Å². The second kappa shape index (κ2) is 11.4. The van der Waals surface area contributed by atoms with Gasteiger partial charge in [0.05, 0.1) is 17.5 Å². The van der Waals surface area contributed by atoms with Gasteiger partial charge in [0.15, 0.2) is 0 Å². The van der Waals surface area contributed by atoms with Crippen LogP contribution in [-0.4, -0.2) is 52.3 Å². The molecule has 0 saturated carbocycles. The Hall–Kier alpha value is -3.71. The van der Waals surface area contributed by atoms with Crippen LogP contribution in [-0.2, 0) is 14.3 Å². The summed E-state index contributed by atoms with van der Waals surface area (Å²) in [7, 11) is 0. The Balaban J connectivity index is 1.51. The van der Waals surface area contributed by atoms with Crippen molar-refractivity contribution in [3.8, 4) is 5.69 Å². The maximum atomic E-state index is 13.3. The summed E-state index contributed by atoms with van der Waals surface area (Å²) in [6.07, 6.45) is 5.12. The quantitative estimate of drug-likeness (QED) is 0.466. The van der Waals surface area contributed by atoms with E-state index in [2.05, 4.69) is 10.4 Å². The van der Waals surface area contributed by atoms with E-state index in [9.17, 15) is 9.59 Å². The Labute approximate surface area is 212 Å². The first kappa shape index (κ1) is 25.4. The number of carbonyl (C=O) groups is 2. The average molecular weight is 487 g/mol. The van der Waals surface area contributed by atoms with Crippen LogP contribution in [0.25, 0.3) is 11.8 Å². The molecule has 1 saturated heterocycles. The van der Waals surface area contributed by atoms with Crippen molar-refractivity contribution in [3.05, 3.63) is 82.7 Å². The van der Waals surface area contributed by atoms with Gasteiger partial charge in [-0.3, -0.25) is 9.59 Å². The number of nitrogens with zero attached hydrogens (tertiary/aromatic N) is 3. The first-order chi connectivity index (χ1) is 17.3. The predicted octanol–water partition coefficient (Wildman–Crippen LogP) is 4.77. The van der Waals surface area contributed by atoms with Crippen molar-refractivity contribution in [3.63, 3.8) is 0 Å². The minimum atomic E-state index is -0.229. The minimum absolute atomic E-state index is 0.0440. The summed E-state index contributed by atoms with van der Waals surface area (Å²) in [5.74, 6) is -0.458.